The molecule has 0 heterocycles. The zero-order valence-corrected chi connectivity index (χ0v) is 18.6. The third-order valence-electron chi connectivity index (χ3n) is 5.29. The zero-order chi connectivity index (χ0) is 21.5. The van der Waals surface area contributed by atoms with Gasteiger partial charge in [0, 0.05) is 19.5 Å². The van der Waals surface area contributed by atoms with Gasteiger partial charge in [-0.3, -0.25) is 4.79 Å². The molecule has 0 spiro atoms. The quantitative estimate of drug-likeness (QED) is 0.561. The van der Waals surface area contributed by atoms with Crippen molar-refractivity contribution in [1.82, 2.24) is 10.2 Å². The van der Waals surface area contributed by atoms with Gasteiger partial charge in [-0.2, -0.15) is 0 Å². The summed E-state index contributed by atoms with van der Waals surface area (Å²) in [5, 5.41) is 6.62. The Morgan fingerprint density at radius 1 is 1.10 bits per heavy atom. The summed E-state index contributed by atoms with van der Waals surface area (Å²) in [6.45, 7) is 2.87. The van der Waals surface area contributed by atoms with Gasteiger partial charge < -0.3 is 15.5 Å². The lowest BCUT2D eigenvalue weighted by Crippen LogP contribution is -2.39. The lowest BCUT2D eigenvalue weighted by atomic mass is 9.87. The van der Waals surface area contributed by atoms with E-state index in [4.69, 9.17) is 23.2 Å². The largest absolute Gasteiger partial charge is 0.349 e. The molecule has 160 valence electrons. The first-order valence-electron chi connectivity index (χ1n) is 10.4. The highest BCUT2D eigenvalue weighted by atomic mass is 35.5. The standard InChI is InChI=1S/C23H27Cl2N3O2/c1-2-14-28(23(30)27-20-12-6-10-18(24)22(20)25)15-13-21(29)26-19-11-5-8-16-7-3-4-9-17(16)19/h3-4,6-7,9-10,12,19H,2,5,8,11,13-15H2,1H3,(H,26,29)(H,27,30). The van der Waals surface area contributed by atoms with Crippen LogP contribution in [0.15, 0.2) is 42.5 Å². The fourth-order valence-electron chi connectivity index (χ4n) is 3.79. The van der Waals surface area contributed by atoms with Gasteiger partial charge in [0.2, 0.25) is 5.91 Å². The molecule has 0 saturated carbocycles. The van der Waals surface area contributed by atoms with Gasteiger partial charge in [-0.15, -0.1) is 0 Å². The van der Waals surface area contributed by atoms with E-state index in [0.717, 1.165) is 25.7 Å². The number of fused-ring (bicyclic) bond motifs is 1. The molecule has 1 aliphatic carbocycles. The molecule has 2 aromatic rings. The van der Waals surface area contributed by atoms with Crippen LogP contribution in [0.4, 0.5) is 10.5 Å². The van der Waals surface area contributed by atoms with Crippen LogP contribution in [0, 0.1) is 0 Å². The highest BCUT2D eigenvalue weighted by Crippen LogP contribution is 2.30. The molecule has 3 rings (SSSR count). The molecule has 2 N–H and O–H groups in total. The summed E-state index contributed by atoms with van der Waals surface area (Å²) in [6, 6.07) is 13.1. The lowest BCUT2D eigenvalue weighted by Gasteiger charge is -2.27. The molecule has 3 amide bonds. The summed E-state index contributed by atoms with van der Waals surface area (Å²) in [5.41, 5.74) is 2.97. The molecular formula is C23H27Cl2N3O2. The smallest absolute Gasteiger partial charge is 0.321 e. The second kappa shape index (κ2) is 10.7. The number of carbonyl (C=O) groups excluding carboxylic acids is 2. The number of nitrogens with zero attached hydrogens (tertiary/aromatic N) is 1. The van der Waals surface area contributed by atoms with Gasteiger partial charge in [-0.25, -0.2) is 4.79 Å². The van der Waals surface area contributed by atoms with Crippen molar-refractivity contribution in [3.63, 3.8) is 0 Å². The van der Waals surface area contributed by atoms with Crippen molar-refractivity contribution in [3.8, 4) is 0 Å². The number of hydrogen-bond donors (Lipinski definition) is 2. The molecule has 1 atom stereocenters. The predicted octanol–water partition coefficient (Wildman–Crippen LogP) is 5.82. The molecule has 1 unspecified atom stereocenters. The average molecular weight is 448 g/mol. The van der Waals surface area contributed by atoms with Crippen molar-refractivity contribution in [3.05, 3.63) is 63.6 Å². The molecule has 7 heteroatoms. The number of hydrogen-bond acceptors (Lipinski definition) is 2. The predicted molar refractivity (Wildman–Crippen MR) is 122 cm³/mol. The van der Waals surface area contributed by atoms with Crippen molar-refractivity contribution >= 4 is 40.8 Å². The first-order valence-corrected chi connectivity index (χ1v) is 11.1. The fourth-order valence-corrected chi connectivity index (χ4v) is 4.13. The van der Waals surface area contributed by atoms with E-state index in [-0.39, 0.29) is 24.4 Å². The van der Waals surface area contributed by atoms with Gasteiger partial charge in [-0.05, 0) is 48.9 Å². The van der Waals surface area contributed by atoms with E-state index < -0.39 is 0 Å². The number of halogens is 2. The Balaban J connectivity index is 1.57. The number of rotatable bonds is 7. The van der Waals surface area contributed by atoms with Crippen LogP contribution >= 0.6 is 23.2 Å². The number of anilines is 1. The molecule has 0 fully saturated rings. The van der Waals surface area contributed by atoms with Gasteiger partial charge in [0.05, 0.1) is 21.8 Å². The average Bonchev–Trinajstić information content (AvgIpc) is 2.74. The summed E-state index contributed by atoms with van der Waals surface area (Å²) in [5.74, 6) is -0.0496. The van der Waals surface area contributed by atoms with Crippen molar-refractivity contribution in [2.24, 2.45) is 0 Å². The van der Waals surface area contributed by atoms with Crippen LogP contribution in [0.25, 0.3) is 0 Å². The van der Waals surface area contributed by atoms with Gasteiger partial charge in [0.25, 0.3) is 0 Å². The van der Waals surface area contributed by atoms with Crippen molar-refractivity contribution in [2.75, 3.05) is 18.4 Å². The van der Waals surface area contributed by atoms with Crippen LogP contribution in [0.1, 0.15) is 49.8 Å². The maximum absolute atomic E-state index is 12.7. The summed E-state index contributed by atoms with van der Waals surface area (Å²) in [6.07, 6.45) is 4.09. The van der Waals surface area contributed by atoms with Crippen molar-refractivity contribution in [2.45, 2.75) is 45.1 Å². The van der Waals surface area contributed by atoms with Gasteiger partial charge in [0.15, 0.2) is 0 Å². The highest BCUT2D eigenvalue weighted by molar-refractivity contribution is 6.43. The molecule has 2 aromatic carbocycles. The van der Waals surface area contributed by atoms with E-state index in [9.17, 15) is 9.59 Å². The van der Waals surface area contributed by atoms with Crippen molar-refractivity contribution in [1.29, 1.82) is 0 Å². The molecule has 0 saturated heterocycles. The minimum Gasteiger partial charge on any atom is -0.349 e. The molecule has 30 heavy (non-hydrogen) atoms. The van der Waals surface area contributed by atoms with Crippen LogP contribution < -0.4 is 10.6 Å². The number of amides is 3. The van der Waals surface area contributed by atoms with Crippen LogP contribution in [-0.2, 0) is 11.2 Å². The number of benzene rings is 2. The molecule has 0 radical (unpaired) electrons. The Labute approximate surface area is 187 Å². The molecule has 0 aromatic heterocycles. The van der Waals surface area contributed by atoms with Gasteiger partial charge >= 0.3 is 6.03 Å². The molecule has 0 bridgehead atoms. The number of nitrogens with one attached hydrogen (secondary N) is 2. The summed E-state index contributed by atoms with van der Waals surface area (Å²) in [4.78, 5) is 26.9. The van der Waals surface area contributed by atoms with E-state index >= 15 is 0 Å². The van der Waals surface area contributed by atoms with Crippen LogP contribution in [0.3, 0.4) is 0 Å². The maximum atomic E-state index is 12.7. The van der Waals surface area contributed by atoms with E-state index in [2.05, 4.69) is 22.8 Å². The van der Waals surface area contributed by atoms with E-state index in [1.54, 1.807) is 23.1 Å². The Morgan fingerprint density at radius 2 is 1.90 bits per heavy atom. The zero-order valence-electron chi connectivity index (χ0n) is 17.1. The van der Waals surface area contributed by atoms with Crippen molar-refractivity contribution < 1.29 is 9.59 Å². The SMILES string of the molecule is CCCN(CCC(=O)NC1CCCc2ccccc21)C(=O)Nc1cccc(Cl)c1Cl. The maximum Gasteiger partial charge on any atom is 0.321 e. The first kappa shape index (κ1) is 22.4. The highest BCUT2D eigenvalue weighted by Gasteiger charge is 2.22. The van der Waals surface area contributed by atoms with E-state index in [1.165, 1.54) is 11.1 Å². The summed E-state index contributed by atoms with van der Waals surface area (Å²) < 4.78 is 0. The van der Waals surface area contributed by atoms with Gasteiger partial charge in [-0.1, -0.05) is 60.5 Å². The van der Waals surface area contributed by atoms with Crippen LogP contribution in [-0.4, -0.2) is 29.9 Å². The monoisotopic (exact) mass is 447 g/mol. The normalized spacial score (nSPS) is 15.2. The summed E-state index contributed by atoms with van der Waals surface area (Å²) in [7, 11) is 0. The number of aryl methyl sites for hydroxylation is 1. The summed E-state index contributed by atoms with van der Waals surface area (Å²) >= 11 is 12.2. The molecule has 0 aliphatic heterocycles. The lowest BCUT2D eigenvalue weighted by molar-refractivity contribution is -0.122. The van der Waals surface area contributed by atoms with Crippen LogP contribution in [0.2, 0.25) is 10.0 Å². The Hall–Kier alpha value is -2.24. The first-order chi connectivity index (χ1) is 14.5. The Morgan fingerprint density at radius 3 is 2.70 bits per heavy atom. The Kier molecular flexibility index (Phi) is 8.00. The molecule has 1 aliphatic rings. The second-order valence-corrected chi connectivity index (χ2v) is 8.26. The fraction of sp³-hybridized carbons (Fsp3) is 0.391. The number of carbonyl (C=O) groups is 2. The Bertz CT molecular complexity index is 904. The van der Waals surface area contributed by atoms with E-state index in [1.807, 2.05) is 19.1 Å². The molecule has 5 nitrogen and oxygen atoms in total. The third-order valence-corrected chi connectivity index (χ3v) is 6.11. The van der Waals surface area contributed by atoms with Gasteiger partial charge in [0.1, 0.15) is 0 Å². The minimum atomic E-state index is -0.295. The molecular weight excluding hydrogens is 421 g/mol. The minimum absolute atomic E-state index is 0.0427. The second-order valence-electron chi connectivity index (χ2n) is 7.48. The van der Waals surface area contributed by atoms with Crippen LogP contribution in [0.5, 0.6) is 0 Å². The topological polar surface area (TPSA) is 61.4 Å². The van der Waals surface area contributed by atoms with E-state index in [0.29, 0.717) is 28.8 Å². The number of urea groups is 1. The third kappa shape index (κ3) is 5.67.